The summed E-state index contributed by atoms with van der Waals surface area (Å²) in [6.07, 6.45) is 0.381. The molecule has 0 saturated heterocycles. The van der Waals surface area contributed by atoms with Crippen LogP contribution in [-0.2, 0) is 19.1 Å². The highest BCUT2D eigenvalue weighted by Crippen LogP contribution is 2.08. The lowest BCUT2D eigenvalue weighted by Crippen LogP contribution is -2.37. The summed E-state index contributed by atoms with van der Waals surface area (Å²) in [5.41, 5.74) is -0.583. The predicted molar refractivity (Wildman–Crippen MR) is 54.1 cm³/mol. The van der Waals surface area contributed by atoms with Crippen LogP contribution in [0, 0.1) is 0 Å². The normalized spacial score (nSPS) is 12.8. The van der Waals surface area contributed by atoms with Gasteiger partial charge in [0.2, 0.25) is 5.91 Å². The second kappa shape index (κ2) is 5.48. The minimum Gasteiger partial charge on any atom is -0.460 e. The molecule has 0 aliphatic rings. The van der Waals surface area contributed by atoms with Crippen LogP contribution in [0.4, 0.5) is 0 Å². The van der Waals surface area contributed by atoms with Gasteiger partial charge in [-0.2, -0.15) is 0 Å². The van der Waals surface area contributed by atoms with E-state index in [1.54, 1.807) is 20.8 Å². The number of hydrogen-bond donors (Lipinski definition) is 1. The highest BCUT2D eigenvalue weighted by atomic mass is 16.6. The fourth-order valence-electron chi connectivity index (χ4n) is 0.957. The van der Waals surface area contributed by atoms with Gasteiger partial charge in [-0.1, -0.05) is 0 Å². The van der Waals surface area contributed by atoms with E-state index in [1.807, 2.05) is 0 Å². The molecule has 0 saturated carbocycles. The lowest BCUT2D eigenvalue weighted by atomic mass is 10.2. The molecule has 0 aromatic carbocycles. The smallest absolute Gasteiger partial charge is 0.308 e. The van der Waals surface area contributed by atoms with Gasteiger partial charge in [-0.15, -0.1) is 0 Å². The first-order valence-electron chi connectivity index (χ1n) is 4.69. The van der Waals surface area contributed by atoms with Crippen molar-refractivity contribution < 1.29 is 19.1 Å². The number of ether oxygens (including phenoxy) is 1. The highest BCUT2D eigenvalue weighted by molar-refractivity contribution is 5.81. The molecular formula is C10H17NO4. The van der Waals surface area contributed by atoms with Gasteiger partial charge in [0.05, 0.1) is 12.5 Å². The Balaban J connectivity index is 4.13. The molecule has 0 rings (SSSR count). The largest absolute Gasteiger partial charge is 0.460 e. The number of carbonyl (C=O) groups is 3. The summed E-state index contributed by atoms with van der Waals surface area (Å²) in [6.45, 7) is 6.49. The van der Waals surface area contributed by atoms with Gasteiger partial charge in [-0.3, -0.25) is 9.59 Å². The average Bonchev–Trinajstić information content (AvgIpc) is 1.98. The number of amides is 1. The summed E-state index contributed by atoms with van der Waals surface area (Å²) >= 11 is 0. The Kier molecular flexibility index (Phi) is 4.97. The number of hydrogen-bond acceptors (Lipinski definition) is 4. The fourth-order valence-corrected chi connectivity index (χ4v) is 0.957. The summed E-state index contributed by atoms with van der Waals surface area (Å²) in [5, 5.41) is 2.34. The zero-order valence-electron chi connectivity index (χ0n) is 9.49. The molecule has 0 radical (unpaired) electrons. The molecule has 5 nitrogen and oxygen atoms in total. The lowest BCUT2D eigenvalue weighted by Gasteiger charge is -2.20. The molecule has 86 valence electrons. The number of nitrogens with one attached hydrogen (secondary N) is 1. The monoisotopic (exact) mass is 215 g/mol. The van der Waals surface area contributed by atoms with Crippen molar-refractivity contribution in [1.82, 2.24) is 5.32 Å². The first-order valence-corrected chi connectivity index (χ1v) is 4.69. The van der Waals surface area contributed by atoms with Crippen molar-refractivity contribution >= 4 is 18.2 Å². The third kappa shape index (κ3) is 7.66. The molecular weight excluding hydrogens is 198 g/mol. The van der Waals surface area contributed by atoms with Crippen molar-refractivity contribution in [2.24, 2.45) is 0 Å². The summed E-state index contributed by atoms with van der Waals surface area (Å²) in [4.78, 5) is 32.5. The molecule has 0 unspecified atom stereocenters. The second-order valence-electron chi connectivity index (χ2n) is 4.23. The van der Waals surface area contributed by atoms with Gasteiger partial charge in [0.15, 0.2) is 0 Å². The number of carbonyl (C=O) groups excluding carboxylic acids is 3. The van der Waals surface area contributed by atoms with Crippen LogP contribution in [-0.4, -0.2) is 29.8 Å². The second-order valence-corrected chi connectivity index (χ2v) is 4.23. The molecule has 5 heteroatoms. The minimum atomic E-state index is -0.808. The SMILES string of the molecule is CC(=O)N[C@H](C=O)CC(=O)OC(C)(C)C. The van der Waals surface area contributed by atoms with Crippen molar-refractivity contribution in [3.8, 4) is 0 Å². The molecule has 1 amide bonds. The zero-order valence-corrected chi connectivity index (χ0v) is 9.49. The van der Waals surface area contributed by atoms with Crippen molar-refractivity contribution in [3.05, 3.63) is 0 Å². The Morgan fingerprint density at radius 1 is 1.40 bits per heavy atom. The maximum atomic E-state index is 11.3. The third-order valence-corrected chi connectivity index (χ3v) is 1.36. The summed E-state index contributed by atoms with van der Waals surface area (Å²) in [7, 11) is 0. The van der Waals surface area contributed by atoms with Crippen molar-refractivity contribution in [2.45, 2.75) is 45.8 Å². The lowest BCUT2D eigenvalue weighted by molar-refractivity contribution is -0.155. The molecule has 1 atom stereocenters. The Hall–Kier alpha value is -1.39. The van der Waals surface area contributed by atoms with Crippen LogP contribution < -0.4 is 5.32 Å². The van der Waals surface area contributed by atoms with E-state index in [0.717, 1.165) is 0 Å². The molecule has 0 bridgehead atoms. The number of aldehydes is 1. The molecule has 0 heterocycles. The van der Waals surface area contributed by atoms with Gasteiger partial charge >= 0.3 is 5.97 Å². The van der Waals surface area contributed by atoms with Gasteiger partial charge < -0.3 is 14.8 Å². The van der Waals surface area contributed by atoms with Crippen LogP contribution in [0.3, 0.4) is 0 Å². The van der Waals surface area contributed by atoms with E-state index in [1.165, 1.54) is 6.92 Å². The molecule has 1 N–H and O–H groups in total. The van der Waals surface area contributed by atoms with E-state index in [0.29, 0.717) is 6.29 Å². The fraction of sp³-hybridized carbons (Fsp3) is 0.700. The van der Waals surface area contributed by atoms with Crippen molar-refractivity contribution in [1.29, 1.82) is 0 Å². The van der Waals surface area contributed by atoms with E-state index in [-0.39, 0.29) is 12.3 Å². The van der Waals surface area contributed by atoms with Gasteiger partial charge in [0, 0.05) is 6.92 Å². The molecule has 15 heavy (non-hydrogen) atoms. The average molecular weight is 215 g/mol. The van der Waals surface area contributed by atoms with Crippen LogP contribution in [0.1, 0.15) is 34.1 Å². The summed E-state index contributed by atoms with van der Waals surface area (Å²) < 4.78 is 5.00. The molecule has 0 aromatic rings. The first-order chi connectivity index (χ1) is 6.74. The maximum Gasteiger partial charge on any atom is 0.308 e. The van der Waals surface area contributed by atoms with Crippen LogP contribution >= 0.6 is 0 Å². The quantitative estimate of drug-likeness (QED) is 0.545. The van der Waals surface area contributed by atoms with Crippen LogP contribution in [0.25, 0.3) is 0 Å². The molecule has 0 fully saturated rings. The number of esters is 1. The zero-order chi connectivity index (χ0) is 12.1. The van der Waals surface area contributed by atoms with E-state index >= 15 is 0 Å². The van der Waals surface area contributed by atoms with E-state index in [2.05, 4.69) is 5.32 Å². The first kappa shape index (κ1) is 13.6. The topological polar surface area (TPSA) is 72.5 Å². The van der Waals surface area contributed by atoms with Gasteiger partial charge in [-0.25, -0.2) is 0 Å². The predicted octanol–water partition coefficient (Wildman–Crippen LogP) is 0.422. The maximum absolute atomic E-state index is 11.3. The molecule has 0 aromatic heterocycles. The molecule has 0 spiro atoms. The Morgan fingerprint density at radius 3 is 2.27 bits per heavy atom. The Bertz CT molecular complexity index is 255. The highest BCUT2D eigenvalue weighted by Gasteiger charge is 2.20. The van der Waals surface area contributed by atoms with E-state index in [9.17, 15) is 14.4 Å². The molecule has 0 aliphatic heterocycles. The third-order valence-electron chi connectivity index (χ3n) is 1.36. The molecule has 0 aliphatic carbocycles. The Labute approximate surface area is 89.2 Å². The summed E-state index contributed by atoms with van der Waals surface area (Å²) in [5.74, 6) is -0.857. The minimum absolute atomic E-state index is 0.139. The van der Waals surface area contributed by atoms with Crippen molar-refractivity contribution in [3.63, 3.8) is 0 Å². The Morgan fingerprint density at radius 2 is 1.93 bits per heavy atom. The van der Waals surface area contributed by atoms with Crippen LogP contribution in [0.5, 0.6) is 0 Å². The standard InChI is InChI=1S/C10H17NO4/c1-7(13)11-8(6-12)5-9(14)15-10(2,3)4/h6,8H,5H2,1-4H3,(H,11,13)/t8-/m0/s1. The van der Waals surface area contributed by atoms with Gasteiger partial charge in [0.1, 0.15) is 11.9 Å². The van der Waals surface area contributed by atoms with Crippen LogP contribution in [0.2, 0.25) is 0 Å². The van der Waals surface area contributed by atoms with Gasteiger partial charge in [-0.05, 0) is 20.8 Å². The van der Waals surface area contributed by atoms with Gasteiger partial charge in [0.25, 0.3) is 0 Å². The van der Waals surface area contributed by atoms with E-state index < -0.39 is 17.6 Å². The number of rotatable bonds is 4. The van der Waals surface area contributed by atoms with Crippen LogP contribution in [0.15, 0.2) is 0 Å². The van der Waals surface area contributed by atoms with Crippen molar-refractivity contribution in [2.75, 3.05) is 0 Å². The van der Waals surface area contributed by atoms with E-state index in [4.69, 9.17) is 4.74 Å². The summed E-state index contributed by atoms with van der Waals surface area (Å²) in [6, 6.07) is -0.808.